The number of rotatable bonds is 6. The second-order valence-electron chi connectivity index (χ2n) is 4.84. The van der Waals surface area contributed by atoms with Crippen molar-refractivity contribution in [3.8, 4) is 5.75 Å². The van der Waals surface area contributed by atoms with Crippen molar-refractivity contribution in [1.29, 1.82) is 0 Å². The molecular weight excluding hydrogens is 346 g/mol. The Balaban J connectivity index is 2.21. The van der Waals surface area contributed by atoms with E-state index in [1.807, 2.05) is 24.3 Å². The topological polar surface area (TPSA) is 35.2 Å². The lowest BCUT2D eigenvalue weighted by Gasteiger charge is -2.25. The Labute approximate surface area is 139 Å². The molecule has 0 saturated carbocycles. The van der Waals surface area contributed by atoms with Crippen molar-refractivity contribution in [2.75, 3.05) is 6.26 Å². The van der Waals surface area contributed by atoms with Gasteiger partial charge < -0.3 is 10.5 Å². The molecule has 2 unspecified atom stereocenters. The number of benzene rings is 2. The van der Waals surface area contributed by atoms with Gasteiger partial charge >= 0.3 is 0 Å². The van der Waals surface area contributed by atoms with Gasteiger partial charge in [-0.2, -0.15) is 0 Å². The molecule has 0 bridgehead atoms. The Hall–Kier alpha value is -0.970. The maximum absolute atomic E-state index is 6.25. The van der Waals surface area contributed by atoms with Crippen LogP contribution in [0.25, 0.3) is 0 Å². The molecule has 0 aliphatic heterocycles. The van der Waals surface area contributed by atoms with Gasteiger partial charge in [0.25, 0.3) is 0 Å². The summed E-state index contributed by atoms with van der Waals surface area (Å²) in [5, 5.41) is 0. The van der Waals surface area contributed by atoms with Crippen LogP contribution in [0.5, 0.6) is 5.75 Å². The van der Waals surface area contributed by atoms with Crippen molar-refractivity contribution < 1.29 is 4.74 Å². The van der Waals surface area contributed by atoms with Gasteiger partial charge in [-0.05, 0) is 54.6 Å². The van der Waals surface area contributed by atoms with Crippen molar-refractivity contribution in [1.82, 2.24) is 0 Å². The van der Waals surface area contributed by atoms with Gasteiger partial charge in [-0.25, -0.2) is 0 Å². The van der Waals surface area contributed by atoms with Gasteiger partial charge in [0.15, 0.2) is 0 Å². The molecule has 0 spiro atoms. The Morgan fingerprint density at radius 1 is 1.10 bits per heavy atom. The largest absolute Gasteiger partial charge is 0.484 e. The Morgan fingerprint density at radius 3 is 2.24 bits per heavy atom. The summed E-state index contributed by atoms with van der Waals surface area (Å²) in [7, 11) is 0. The minimum atomic E-state index is -0.136. The fourth-order valence-electron chi connectivity index (χ4n) is 2.07. The molecule has 0 aliphatic rings. The van der Waals surface area contributed by atoms with E-state index in [9.17, 15) is 0 Å². The number of thioether (sulfide) groups is 1. The summed E-state index contributed by atoms with van der Waals surface area (Å²) in [5.74, 6) is 0.851. The van der Waals surface area contributed by atoms with E-state index < -0.39 is 0 Å². The Kier molecular flexibility index (Phi) is 6.15. The monoisotopic (exact) mass is 365 g/mol. The van der Waals surface area contributed by atoms with E-state index >= 15 is 0 Å². The number of hydrogen-bond donors (Lipinski definition) is 1. The zero-order valence-electron chi connectivity index (χ0n) is 12.3. The third-order valence-electron chi connectivity index (χ3n) is 3.38. The molecule has 21 heavy (non-hydrogen) atoms. The number of ether oxygens (including phenoxy) is 1. The third kappa shape index (κ3) is 4.50. The van der Waals surface area contributed by atoms with E-state index in [-0.39, 0.29) is 12.1 Å². The zero-order chi connectivity index (χ0) is 15.2. The van der Waals surface area contributed by atoms with Crippen molar-refractivity contribution in [3.63, 3.8) is 0 Å². The Bertz CT molecular complexity index is 556. The van der Waals surface area contributed by atoms with Crippen molar-refractivity contribution >= 4 is 27.7 Å². The van der Waals surface area contributed by atoms with Crippen molar-refractivity contribution in [3.05, 3.63) is 58.6 Å². The van der Waals surface area contributed by atoms with E-state index in [1.165, 1.54) is 4.90 Å². The minimum Gasteiger partial charge on any atom is -0.484 e. The predicted molar refractivity (Wildman–Crippen MR) is 94.0 cm³/mol. The van der Waals surface area contributed by atoms with Crippen LogP contribution >= 0.6 is 27.7 Å². The zero-order valence-corrected chi connectivity index (χ0v) is 14.7. The lowest BCUT2D eigenvalue weighted by molar-refractivity contribution is 0.171. The number of halogens is 1. The first-order chi connectivity index (χ1) is 10.1. The first-order valence-electron chi connectivity index (χ1n) is 6.95. The molecule has 0 aromatic heterocycles. The smallest absolute Gasteiger partial charge is 0.139 e. The standard InChI is InChI=1S/C17H20BrNOS/c1-3-16(19)17(12-4-6-13(18)7-5-12)20-14-8-10-15(21-2)11-9-14/h4-11,16-17H,3,19H2,1-2H3. The lowest BCUT2D eigenvalue weighted by atomic mass is 10.0. The van der Waals surface area contributed by atoms with Crippen LogP contribution in [-0.4, -0.2) is 12.3 Å². The van der Waals surface area contributed by atoms with Gasteiger partial charge in [0.2, 0.25) is 0 Å². The molecule has 112 valence electrons. The number of hydrogen-bond acceptors (Lipinski definition) is 3. The summed E-state index contributed by atoms with van der Waals surface area (Å²) in [6.45, 7) is 2.08. The molecule has 0 aliphatic carbocycles. The highest BCUT2D eigenvalue weighted by molar-refractivity contribution is 9.10. The highest BCUT2D eigenvalue weighted by Gasteiger charge is 2.20. The van der Waals surface area contributed by atoms with Crippen LogP contribution in [0.3, 0.4) is 0 Å². The summed E-state index contributed by atoms with van der Waals surface area (Å²) >= 11 is 5.18. The van der Waals surface area contributed by atoms with Gasteiger partial charge in [0, 0.05) is 15.4 Å². The number of nitrogens with two attached hydrogens (primary N) is 1. The SMILES string of the molecule is CCC(N)C(Oc1ccc(SC)cc1)c1ccc(Br)cc1. The van der Waals surface area contributed by atoms with E-state index in [0.717, 1.165) is 22.2 Å². The lowest BCUT2D eigenvalue weighted by Crippen LogP contribution is -2.31. The van der Waals surface area contributed by atoms with Gasteiger partial charge in [-0.15, -0.1) is 11.8 Å². The summed E-state index contributed by atoms with van der Waals surface area (Å²) in [5.41, 5.74) is 7.35. The summed E-state index contributed by atoms with van der Waals surface area (Å²) in [6.07, 6.45) is 2.79. The minimum absolute atomic E-state index is 0.0357. The van der Waals surface area contributed by atoms with Crippen LogP contribution in [0.2, 0.25) is 0 Å². The normalized spacial score (nSPS) is 13.7. The molecule has 0 fully saturated rings. The predicted octanol–water partition coefficient (Wildman–Crippen LogP) is 5.03. The third-order valence-corrected chi connectivity index (χ3v) is 4.65. The van der Waals surface area contributed by atoms with E-state index in [4.69, 9.17) is 10.5 Å². The average molecular weight is 366 g/mol. The quantitative estimate of drug-likeness (QED) is 0.729. The van der Waals surface area contributed by atoms with E-state index in [1.54, 1.807) is 11.8 Å². The van der Waals surface area contributed by atoms with Crippen molar-refractivity contribution in [2.24, 2.45) is 5.73 Å². The molecule has 0 amide bonds. The Morgan fingerprint density at radius 2 is 1.71 bits per heavy atom. The molecule has 2 N–H and O–H groups in total. The second kappa shape index (κ2) is 7.87. The molecule has 0 saturated heterocycles. The van der Waals surface area contributed by atoms with Crippen LogP contribution < -0.4 is 10.5 Å². The van der Waals surface area contributed by atoms with Crippen LogP contribution in [-0.2, 0) is 0 Å². The van der Waals surface area contributed by atoms with Gasteiger partial charge in [-0.3, -0.25) is 0 Å². The molecule has 4 heteroatoms. The van der Waals surface area contributed by atoms with E-state index in [2.05, 4.69) is 53.4 Å². The maximum atomic E-state index is 6.25. The highest BCUT2D eigenvalue weighted by Crippen LogP contribution is 2.28. The van der Waals surface area contributed by atoms with Gasteiger partial charge in [0.05, 0.1) is 0 Å². The van der Waals surface area contributed by atoms with Crippen molar-refractivity contribution in [2.45, 2.75) is 30.4 Å². The van der Waals surface area contributed by atoms with Crippen LogP contribution in [0.1, 0.15) is 25.0 Å². The molecule has 2 atom stereocenters. The average Bonchev–Trinajstić information content (AvgIpc) is 2.53. The van der Waals surface area contributed by atoms with Crippen LogP contribution in [0.4, 0.5) is 0 Å². The molecule has 0 radical (unpaired) electrons. The second-order valence-corrected chi connectivity index (χ2v) is 6.63. The van der Waals surface area contributed by atoms with Crippen LogP contribution in [0, 0.1) is 0 Å². The first-order valence-corrected chi connectivity index (χ1v) is 8.97. The van der Waals surface area contributed by atoms with Gasteiger partial charge in [-0.1, -0.05) is 35.0 Å². The molecule has 2 aromatic carbocycles. The molecule has 2 nitrogen and oxygen atoms in total. The first kappa shape index (κ1) is 16.4. The fourth-order valence-corrected chi connectivity index (χ4v) is 2.74. The summed E-state index contributed by atoms with van der Waals surface area (Å²) in [4.78, 5) is 1.22. The van der Waals surface area contributed by atoms with E-state index in [0.29, 0.717) is 0 Å². The fraction of sp³-hybridized carbons (Fsp3) is 0.294. The summed E-state index contributed by atoms with van der Waals surface area (Å²) in [6, 6.07) is 16.2. The summed E-state index contributed by atoms with van der Waals surface area (Å²) < 4.78 is 7.20. The maximum Gasteiger partial charge on any atom is 0.139 e. The molecule has 2 rings (SSSR count). The van der Waals surface area contributed by atoms with Gasteiger partial charge in [0.1, 0.15) is 11.9 Å². The molecule has 0 heterocycles. The molecule has 2 aromatic rings. The molecular formula is C17H20BrNOS. The van der Waals surface area contributed by atoms with Crippen LogP contribution in [0.15, 0.2) is 57.9 Å². The highest BCUT2D eigenvalue weighted by atomic mass is 79.9.